The van der Waals surface area contributed by atoms with Crippen LogP contribution in [-0.4, -0.2) is 12.5 Å². The minimum Gasteiger partial charge on any atom is -0.351 e. The van der Waals surface area contributed by atoms with E-state index >= 15 is 0 Å². The molecule has 88 valence electrons. The first-order chi connectivity index (χ1) is 7.29. The summed E-state index contributed by atoms with van der Waals surface area (Å²) in [6, 6.07) is 4.61. The van der Waals surface area contributed by atoms with Crippen molar-refractivity contribution in [2.24, 2.45) is 5.41 Å². The summed E-state index contributed by atoms with van der Waals surface area (Å²) in [4.78, 5) is 11.7. The molecule has 16 heavy (non-hydrogen) atoms. The van der Waals surface area contributed by atoms with E-state index < -0.39 is 5.82 Å². The smallest absolute Gasteiger partial charge is 0.254 e. The fourth-order valence-electron chi connectivity index (χ4n) is 1.24. The average Bonchev–Trinajstić information content (AvgIpc) is 2.13. The lowest BCUT2D eigenvalue weighted by molar-refractivity contribution is 0.0935. The molecule has 0 saturated heterocycles. The maximum Gasteiger partial charge on any atom is 0.254 e. The molecule has 0 atom stereocenters. The van der Waals surface area contributed by atoms with Gasteiger partial charge in [0.15, 0.2) is 0 Å². The topological polar surface area (TPSA) is 29.1 Å². The van der Waals surface area contributed by atoms with Crippen molar-refractivity contribution in [1.82, 2.24) is 5.32 Å². The lowest BCUT2D eigenvalue weighted by atomic mass is 9.97. The van der Waals surface area contributed by atoms with Crippen molar-refractivity contribution in [3.63, 3.8) is 0 Å². The van der Waals surface area contributed by atoms with Crippen LogP contribution in [0, 0.1) is 18.2 Å². The van der Waals surface area contributed by atoms with Gasteiger partial charge in [-0.25, -0.2) is 4.39 Å². The molecule has 1 aromatic rings. The van der Waals surface area contributed by atoms with Gasteiger partial charge >= 0.3 is 0 Å². The molecule has 1 amide bonds. The van der Waals surface area contributed by atoms with Crippen molar-refractivity contribution in [2.45, 2.75) is 27.7 Å². The molecule has 3 heteroatoms. The molecule has 0 bridgehead atoms. The first-order valence-corrected chi connectivity index (χ1v) is 5.34. The number of carbonyl (C=O) groups is 1. The minimum atomic E-state index is -0.466. The quantitative estimate of drug-likeness (QED) is 0.820. The summed E-state index contributed by atoms with van der Waals surface area (Å²) in [6.07, 6.45) is 0. The van der Waals surface area contributed by atoms with Crippen molar-refractivity contribution in [1.29, 1.82) is 0 Å². The van der Waals surface area contributed by atoms with Crippen molar-refractivity contribution >= 4 is 5.91 Å². The highest BCUT2D eigenvalue weighted by atomic mass is 19.1. The third-order valence-electron chi connectivity index (χ3n) is 2.15. The van der Waals surface area contributed by atoms with E-state index in [9.17, 15) is 9.18 Å². The lowest BCUT2D eigenvalue weighted by Gasteiger charge is -2.18. The molecular formula is C13H18FNO. The number of benzene rings is 1. The van der Waals surface area contributed by atoms with Gasteiger partial charge in [0.2, 0.25) is 0 Å². The van der Waals surface area contributed by atoms with Gasteiger partial charge in [0.1, 0.15) is 5.82 Å². The number of amides is 1. The van der Waals surface area contributed by atoms with E-state index in [0.29, 0.717) is 6.54 Å². The van der Waals surface area contributed by atoms with Gasteiger partial charge in [0.25, 0.3) is 5.91 Å². The number of halogens is 1. The molecule has 0 saturated carbocycles. The summed E-state index contributed by atoms with van der Waals surface area (Å²) < 4.78 is 13.5. The average molecular weight is 223 g/mol. The zero-order valence-electron chi connectivity index (χ0n) is 10.2. The molecule has 1 aromatic carbocycles. The summed E-state index contributed by atoms with van der Waals surface area (Å²) in [7, 11) is 0. The molecule has 0 aliphatic carbocycles. The monoisotopic (exact) mass is 223 g/mol. The Morgan fingerprint density at radius 2 is 2.00 bits per heavy atom. The van der Waals surface area contributed by atoms with Crippen LogP contribution in [0.5, 0.6) is 0 Å². The number of rotatable bonds is 2. The summed E-state index contributed by atoms with van der Waals surface area (Å²) in [6.45, 7) is 8.36. The molecule has 0 unspecified atom stereocenters. The van der Waals surface area contributed by atoms with Gasteiger partial charge in [-0.1, -0.05) is 26.8 Å². The van der Waals surface area contributed by atoms with E-state index in [2.05, 4.69) is 5.32 Å². The van der Waals surface area contributed by atoms with Crippen LogP contribution in [-0.2, 0) is 0 Å². The molecule has 0 fully saturated rings. The zero-order chi connectivity index (χ0) is 12.3. The van der Waals surface area contributed by atoms with Crippen LogP contribution >= 0.6 is 0 Å². The maximum absolute atomic E-state index is 13.5. The number of carbonyl (C=O) groups excluding carboxylic acids is 1. The second kappa shape index (κ2) is 4.64. The second-order valence-corrected chi connectivity index (χ2v) is 5.23. The molecule has 0 radical (unpaired) electrons. The van der Waals surface area contributed by atoms with Crippen molar-refractivity contribution in [3.05, 3.63) is 35.1 Å². The van der Waals surface area contributed by atoms with Gasteiger partial charge < -0.3 is 5.32 Å². The van der Waals surface area contributed by atoms with E-state index in [-0.39, 0.29) is 16.9 Å². The van der Waals surface area contributed by atoms with E-state index in [0.717, 1.165) is 5.56 Å². The second-order valence-electron chi connectivity index (χ2n) is 5.23. The van der Waals surface area contributed by atoms with Crippen molar-refractivity contribution in [3.8, 4) is 0 Å². The zero-order valence-corrected chi connectivity index (χ0v) is 10.2. The molecule has 1 N–H and O–H groups in total. The molecule has 0 spiro atoms. The summed E-state index contributed by atoms with van der Waals surface area (Å²) >= 11 is 0. The number of hydrogen-bond donors (Lipinski definition) is 1. The van der Waals surface area contributed by atoms with Crippen molar-refractivity contribution < 1.29 is 9.18 Å². The van der Waals surface area contributed by atoms with E-state index in [4.69, 9.17) is 0 Å². The largest absolute Gasteiger partial charge is 0.351 e. The lowest BCUT2D eigenvalue weighted by Crippen LogP contribution is -2.32. The summed E-state index contributed by atoms with van der Waals surface area (Å²) in [5.74, 6) is -0.821. The van der Waals surface area contributed by atoms with Gasteiger partial charge in [-0.3, -0.25) is 4.79 Å². The Hall–Kier alpha value is -1.38. The van der Waals surface area contributed by atoms with Crippen molar-refractivity contribution in [2.75, 3.05) is 6.54 Å². The van der Waals surface area contributed by atoms with E-state index in [1.54, 1.807) is 13.0 Å². The van der Waals surface area contributed by atoms with Crippen LogP contribution in [0.2, 0.25) is 0 Å². The highest BCUT2D eigenvalue weighted by Crippen LogP contribution is 2.13. The standard InChI is InChI=1S/C13H18FNO/c1-9-5-6-10(11(14)7-9)12(16)15-8-13(2,3)4/h5-7H,8H2,1-4H3,(H,15,16). The SMILES string of the molecule is Cc1ccc(C(=O)NCC(C)(C)C)c(F)c1. The number of hydrogen-bond acceptors (Lipinski definition) is 1. The van der Waals surface area contributed by atoms with Crippen LogP contribution in [0.15, 0.2) is 18.2 Å². The van der Waals surface area contributed by atoms with E-state index in [1.165, 1.54) is 12.1 Å². The van der Waals surface area contributed by atoms with Crippen LogP contribution in [0.4, 0.5) is 4.39 Å². The van der Waals surface area contributed by atoms with E-state index in [1.807, 2.05) is 20.8 Å². The fraction of sp³-hybridized carbons (Fsp3) is 0.462. The van der Waals surface area contributed by atoms with Gasteiger partial charge in [0, 0.05) is 6.54 Å². The van der Waals surface area contributed by atoms with Gasteiger partial charge in [-0.05, 0) is 30.0 Å². The minimum absolute atomic E-state index is 0.00314. The van der Waals surface area contributed by atoms with Gasteiger partial charge in [-0.2, -0.15) is 0 Å². The molecule has 0 aliphatic rings. The third kappa shape index (κ3) is 3.65. The highest BCUT2D eigenvalue weighted by Gasteiger charge is 2.15. The normalized spacial score (nSPS) is 11.3. The van der Waals surface area contributed by atoms with Gasteiger partial charge in [-0.15, -0.1) is 0 Å². The summed E-state index contributed by atoms with van der Waals surface area (Å²) in [5, 5.41) is 2.72. The van der Waals surface area contributed by atoms with Crippen LogP contribution < -0.4 is 5.32 Å². The Bertz CT molecular complexity index is 393. The number of nitrogens with one attached hydrogen (secondary N) is 1. The third-order valence-corrected chi connectivity index (χ3v) is 2.15. The highest BCUT2D eigenvalue weighted by molar-refractivity contribution is 5.94. The first kappa shape index (κ1) is 12.7. The Morgan fingerprint density at radius 3 is 2.50 bits per heavy atom. The Balaban J connectivity index is 2.74. The Labute approximate surface area is 95.9 Å². The van der Waals surface area contributed by atoms with Gasteiger partial charge in [0.05, 0.1) is 5.56 Å². The Morgan fingerprint density at radius 1 is 1.38 bits per heavy atom. The van der Waals surface area contributed by atoms with Crippen LogP contribution in [0.3, 0.4) is 0 Å². The molecule has 1 rings (SSSR count). The summed E-state index contributed by atoms with van der Waals surface area (Å²) in [5.41, 5.74) is 0.913. The van der Waals surface area contributed by atoms with Crippen LogP contribution in [0.25, 0.3) is 0 Å². The molecular weight excluding hydrogens is 205 g/mol. The molecule has 0 aromatic heterocycles. The van der Waals surface area contributed by atoms with Crippen LogP contribution in [0.1, 0.15) is 36.7 Å². The predicted octanol–water partition coefficient (Wildman–Crippen LogP) is 2.91. The number of aryl methyl sites for hydroxylation is 1. The predicted molar refractivity (Wildman–Crippen MR) is 62.9 cm³/mol. The molecule has 2 nitrogen and oxygen atoms in total. The molecule has 0 aliphatic heterocycles. The fourth-order valence-corrected chi connectivity index (χ4v) is 1.24. The first-order valence-electron chi connectivity index (χ1n) is 5.34. The maximum atomic E-state index is 13.5. The Kier molecular flexibility index (Phi) is 3.68. The molecule has 0 heterocycles.